The molecule has 7 heteroatoms. The molecule has 0 atom stereocenters. The van der Waals surface area contributed by atoms with Crippen LogP contribution >= 0.6 is 0 Å². The maximum absolute atomic E-state index is 8.68. The van der Waals surface area contributed by atoms with Crippen molar-refractivity contribution in [2.45, 2.75) is 0 Å². The van der Waals surface area contributed by atoms with E-state index in [4.69, 9.17) is 19.7 Å². The molecule has 0 saturated carbocycles. The van der Waals surface area contributed by atoms with Gasteiger partial charge in [-0.25, -0.2) is 0 Å². The van der Waals surface area contributed by atoms with Crippen molar-refractivity contribution in [3.8, 4) is 0 Å². The van der Waals surface area contributed by atoms with Gasteiger partial charge in [-0.05, 0) is 7.05 Å². The number of rotatable bonds is 12. The summed E-state index contributed by atoms with van der Waals surface area (Å²) < 4.78 is 10.7. The molecule has 0 aliphatic heterocycles. The second-order valence-electron chi connectivity index (χ2n) is 5.21. The van der Waals surface area contributed by atoms with Crippen molar-refractivity contribution in [3.05, 3.63) is 25.7 Å². The van der Waals surface area contributed by atoms with Gasteiger partial charge in [0.2, 0.25) is 0 Å². The third-order valence-corrected chi connectivity index (χ3v) is 2.83. The minimum Gasteiger partial charge on any atom is -0.870 e. The van der Waals surface area contributed by atoms with E-state index in [1.165, 1.54) is 12.5 Å². The Kier molecular flexibility index (Phi) is 21.0. The minimum atomic E-state index is 0. The van der Waals surface area contributed by atoms with Gasteiger partial charge in [-0.15, -0.1) is 0 Å². The lowest BCUT2D eigenvalue weighted by molar-refractivity contribution is -0.890. The predicted octanol–water partition coefficient (Wildman–Crippen LogP) is 0.109. The Labute approximate surface area is 135 Å². The molecule has 0 amide bonds. The largest absolute Gasteiger partial charge is 0.870 e. The number of nitrogens with zero attached hydrogens (tertiary/aromatic N) is 2. The van der Waals surface area contributed by atoms with Gasteiger partial charge in [-0.1, -0.05) is 13.2 Å². The number of ether oxygens (including phenoxy) is 2. The van der Waals surface area contributed by atoms with Gasteiger partial charge in [0, 0.05) is 13.1 Å². The first kappa shape index (κ1) is 25.8. The maximum atomic E-state index is 8.68. The molecule has 0 aliphatic carbocycles. The lowest BCUT2D eigenvalue weighted by atomic mass is 10.4. The third kappa shape index (κ3) is 21.2. The van der Waals surface area contributed by atoms with E-state index in [2.05, 4.69) is 27.3 Å². The van der Waals surface area contributed by atoms with Crippen molar-refractivity contribution in [2.24, 2.45) is 0 Å². The van der Waals surface area contributed by atoms with Crippen molar-refractivity contribution >= 4 is 0 Å². The van der Waals surface area contributed by atoms with Crippen LogP contribution in [0.5, 0.6) is 0 Å². The second kappa shape index (κ2) is 17.9. The summed E-state index contributed by atoms with van der Waals surface area (Å²) in [6.45, 7) is 11.8. The van der Waals surface area contributed by atoms with Gasteiger partial charge < -0.3 is 34.5 Å². The monoisotopic (exact) mass is 322 g/mol. The van der Waals surface area contributed by atoms with Crippen LogP contribution in [0.4, 0.5) is 0 Å². The molecule has 0 saturated heterocycles. The van der Waals surface area contributed by atoms with Crippen molar-refractivity contribution < 1.29 is 29.6 Å². The van der Waals surface area contributed by atoms with Crippen LogP contribution < -0.4 is 0 Å². The van der Waals surface area contributed by atoms with Crippen molar-refractivity contribution in [3.63, 3.8) is 0 Å². The summed E-state index contributed by atoms with van der Waals surface area (Å²) in [5.74, 6) is 0. The Morgan fingerprint density at radius 3 is 1.95 bits per heavy atom. The fourth-order valence-electron chi connectivity index (χ4n) is 1.34. The van der Waals surface area contributed by atoms with Gasteiger partial charge in [0.1, 0.15) is 19.7 Å². The number of hydrogen-bond acceptors (Lipinski definition) is 6. The zero-order valence-corrected chi connectivity index (χ0v) is 14.3. The molecule has 0 bridgehead atoms. The summed E-state index contributed by atoms with van der Waals surface area (Å²) in [6.07, 6.45) is 2.87. The normalized spacial score (nSPS) is 10.1. The predicted molar refractivity (Wildman–Crippen MR) is 87.7 cm³/mol. The molecule has 0 aliphatic rings. The Morgan fingerprint density at radius 1 is 0.955 bits per heavy atom. The minimum absolute atomic E-state index is 0. The lowest BCUT2D eigenvalue weighted by Crippen LogP contribution is -2.44. The van der Waals surface area contributed by atoms with E-state index < -0.39 is 0 Å². The van der Waals surface area contributed by atoms with Crippen molar-refractivity contribution in [1.82, 2.24) is 4.90 Å². The molecule has 0 radical (unpaired) electrons. The van der Waals surface area contributed by atoms with Gasteiger partial charge in [0.15, 0.2) is 0 Å². The Balaban J connectivity index is -0.000000315. The summed E-state index contributed by atoms with van der Waals surface area (Å²) in [5.41, 5.74) is 0. The van der Waals surface area contributed by atoms with Crippen LogP contribution in [-0.2, 0) is 9.47 Å². The first-order chi connectivity index (χ1) is 9.93. The van der Waals surface area contributed by atoms with E-state index >= 15 is 0 Å². The van der Waals surface area contributed by atoms with Crippen LogP contribution in [0, 0.1) is 0 Å². The van der Waals surface area contributed by atoms with Crippen molar-refractivity contribution in [1.29, 1.82) is 0 Å². The second-order valence-corrected chi connectivity index (χ2v) is 5.21. The van der Waals surface area contributed by atoms with E-state index in [0.717, 1.165) is 24.1 Å². The summed E-state index contributed by atoms with van der Waals surface area (Å²) in [5, 5.41) is 17.2. The molecular weight excluding hydrogens is 288 g/mol. The highest BCUT2D eigenvalue weighted by Crippen LogP contribution is 1.94. The van der Waals surface area contributed by atoms with E-state index in [0.29, 0.717) is 19.8 Å². The van der Waals surface area contributed by atoms with Gasteiger partial charge in [0.05, 0.1) is 46.4 Å². The molecule has 0 unspecified atom stereocenters. The molecule has 0 spiro atoms. The van der Waals surface area contributed by atoms with Crippen LogP contribution in [-0.4, -0.2) is 98.8 Å². The molecule has 22 heavy (non-hydrogen) atoms. The number of hydrogen-bond donors (Lipinski definition) is 2. The number of aliphatic hydroxyl groups is 2. The smallest absolute Gasteiger partial charge is 0.136 e. The summed E-state index contributed by atoms with van der Waals surface area (Å²) >= 11 is 0. The first-order valence-electron chi connectivity index (χ1n) is 7.10. The average Bonchev–Trinajstić information content (AvgIpc) is 2.40. The Morgan fingerprint density at radius 2 is 1.50 bits per heavy atom. The first-order valence-corrected chi connectivity index (χ1v) is 7.10. The molecular formula is C15H34N2O5. The van der Waals surface area contributed by atoms with Gasteiger partial charge in [-0.3, -0.25) is 0 Å². The summed E-state index contributed by atoms with van der Waals surface area (Å²) in [4.78, 5) is 1.99. The fraction of sp³-hybridized carbons (Fsp3) is 0.733. The van der Waals surface area contributed by atoms with Crippen LogP contribution in [0.3, 0.4) is 0 Å². The number of aliphatic hydroxyl groups excluding tert-OH is 2. The van der Waals surface area contributed by atoms with E-state index in [1.807, 2.05) is 11.9 Å². The molecule has 0 fully saturated rings. The number of quaternary nitrogens is 1. The molecule has 0 rings (SSSR count). The molecule has 134 valence electrons. The van der Waals surface area contributed by atoms with Crippen LogP contribution in [0.15, 0.2) is 25.7 Å². The molecule has 3 N–H and O–H groups in total. The van der Waals surface area contributed by atoms with Crippen molar-refractivity contribution in [2.75, 3.05) is 73.7 Å². The molecule has 0 heterocycles. The Hall–Kier alpha value is -1.12. The zero-order chi connectivity index (χ0) is 16.6. The lowest BCUT2D eigenvalue weighted by Gasteiger charge is -2.28. The summed E-state index contributed by atoms with van der Waals surface area (Å²) in [6, 6.07) is 0. The van der Waals surface area contributed by atoms with Gasteiger partial charge >= 0.3 is 0 Å². The van der Waals surface area contributed by atoms with Gasteiger partial charge in [-0.2, -0.15) is 0 Å². The topological polar surface area (TPSA) is 92.2 Å². The van der Waals surface area contributed by atoms with Crippen LogP contribution in [0.1, 0.15) is 0 Å². The molecule has 0 aromatic carbocycles. The Bertz CT molecular complexity index is 250. The highest BCUT2D eigenvalue weighted by molar-refractivity contribution is 4.52. The zero-order valence-electron chi connectivity index (χ0n) is 14.3. The summed E-state index contributed by atoms with van der Waals surface area (Å²) in [7, 11) is 6.05. The fourth-order valence-corrected chi connectivity index (χ4v) is 1.34. The van der Waals surface area contributed by atoms with E-state index in [1.54, 1.807) is 0 Å². The highest BCUT2D eigenvalue weighted by Gasteiger charge is 2.12. The molecule has 0 aromatic rings. The molecule has 7 nitrogen and oxygen atoms in total. The quantitative estimate of drug-likeness (QED) is 0.301. The SMILES string of the molecule is C=COCCN(C)CCO.C=COCC[N+](C)(C)CCO.[OH-]. The third-order valence-electron chi connectivity index (χ3n) is 2.83. The number of likely N-dealkylation sites (N-methyl/N-ethyl adjacent to an activating group) is 2. The van der Waals surface area contributed by atoms with Crippen LogP contribution in [0.2, 0.25) is 0 Å². The standard InChI is InChI=1S/C8H18NO2.C7H15NO2.H2O/c1-4-11-8-6-9(2,3)5-7-10;1-3-10-7-5-8(2)4-6-9;/h4,10H,1,5-8H2,2-3H3;3,9H,1,4-7H2,2H3;1H2/q+1;;/p-1. The average molecular weight is 322 g/mol. The van der Waals surface area contributed by atoms with E-state index in [-0.39, 0.29) is 18.7 Å². The van der Waals surface area contributed by atoms with E-state index in [9.17, 15) is 0 Å². The highest BCUT2D eigenvalue weighted by atomic mass is 16.5. The van der Waals surface area contributed by atoms with Crippen LogP contribution in [0.25, 0.3) is 0 Å². The maximum Gasteiger partial charge on any atom is 0.136 e. The van der Waals surface area contributed by atoms with Gasteiger partial charge in [0.25, 0.3) is 0 Å². The molecule has 0 aromatic heterocycles.